The highest BCUT2D eigenvalue weighted by Gasteiger charge is 2.30. The molecule has 2 aromatic heterocycles. The van der Waals surface area contributed by atoms with Crippen molar-refractivity contribution in [1.29, 1.82) is 0 Å². The van der Waals surface area contributed by atoms with Crippen LogP contribution in [0.4, 0.5) is 0 Å². The summed E-state index contributed by atoms with van der Waals surface area (Å²) in [7, 11) is 0. The molecule has 2 aromatic carbocycles. The third-order valence-electron chi connectivity index (χ3n) is 7.22. The SMILES string of the molecule is CC(NC(=O)C(Cc1c[nH]c2ccccc12)NC(=O)C(N)C(C)C)C(=O)NC(Cc1c[nH]c2ccccc12)C(=O)O. The number of carboxylic acid groups (broad SMARTS) is 1. The summed E-state index contributed by atoms with van der Waals surface area (Å²) in [5.41, 5.74) is 9.32. The van der Waals surface area contributed by atoms with Crippen LogP contribution in [0.3, 0.4) is 0 Å². The number of carboxylic acids is 1. The van der Waals surface area contributed by atoms with E-state index >= 15 is 0 Å². The molecule has 4 unspecified atom stereocenters. The molecule has 0 saturated heterocycles. The first kappa shape index (κ1) is 29.3. The first-order valence-electron chi connectivity index (χ1n) is 13.5. The van der Waals surface area contributed by atoms with E-state index in [0.717, 1.165) is 32.9 Å². The Kier molecular flexibility index (Phi) is 9.08. The van der Waals surface area contributed by atoms with Gasteiger partial charge in [0.15, 0.2) is 0 Å². The lowest BCUT2D eigenvalue weighted by molar-refractivity contribution is -0.142. The Hall–Kier alpha value is -4.64. The fraction of sp³-hybridized carbons (Fsp3) is 0.333. The number of nitrogens with one attached hydrogen (secondary N) is 5. The van der Waals surface area contributed by atoms with Gasteiger partial charge >= 0.3 is 5.97 Å². The summed E-state index contributed by atoms with van der Waals surface area (Å²) in [5, 5.41) is 19.5. The number of nitrogens with two attached hydrogens (primary N) is 1. The van der Waals surface area contributed by atoms with Gasteiger partial charge in [-0.3, -0.25) is 14.4 Å². The van der Waals surface area contributed by atoms with Crippen molar-refractivity contribution in [1.82, 2.24) is 25.9 Å². The van der Waals surface area contributed by atoms with Gasteiger partial charge in [-0.15, -0.1) is 0 Å². The molecule has 4 rings (SSSR count). The number of para-hydroxylation sites is 2. The monoisotopic (exact) mass is 560 g/mol. The Morgan fingerprint density at radius 3 is 1.73 bits per heavy atom. The average Bonchev–Trinajstić information content (AvgIpc) is 3.55. The van der Waals surface area contributed by atoms with Gasteiger partial charge in [0.2, 0.25) is 17.7 Å². The molecule has 0 radical (unpaired) electrons. The molecule has 4 aromatic rings. The van der Waals surface area contributed by atoms with E-state index in [9.17, 15) is 24.3 Å². The van der Waals surface area contributed by atoms with Crippen molar-refractivity contribution in [2.45, 2.75) is 57.8 Å². The normalized spacial score (nSPS) is 14.4. The number of H-pyrrole nitrogens is 2. The number of benzene rings is 2. The van der Waals surface area contributed by atoms with E-state index in [1.54, 1.807) is 26.2 Å². The summed E-state index contributed by atoms with van der Waals surface area (Å²) < 4.78 is 0. The van der Waals surface area contributed by atoms with Gasteiger partial charge in [-0.1, -0.05) is 50.2 Å². The quantitative estimate of drug-likeness (QED) is 0.139. The lowest BCUT2D eigenvalue weighted by atomic mass is 10.0. The Bertz CT molecular complexity index is 1560. The number of fused-ring (bicyclic) bond motifs is 2. The van der Waals surface area contributed by atoms with E-state index in [1.165, 1.54) is 6.92 Å². The molecule has 8 N–H and O–H groups in total. The van der Waals surface area contributed by atoms with E-state index in [4.69, 9.17) is 5.73 Å². The summed E-state index contributed by atoms with van der Waals surface area (Å²) in [6, 6.07) is 10.9. The van der Waals surface area contributed by atoms with Crippen molar-refractivity contribution in [2.75, 3.05) is 0 Å². The minimum atomic E-state index is -1.22. The maximum absolute atomic E-state index is 13.4. The van der Waals surface area contributed by atoms with E-state index in [1.807, 2.05) is 48.5 Å². The van der Waals surface area contributed by atoms with E-state index in [0.29, 0.717) is 0 Å². The number of aromatic amines is 2. The van der Waals surface area contributed by atoms with Crippen LogP contribution in [0.5, 0.6) is 0 Å². The Balaban J connectivity index is 1.46. The predicted octanol–water partition coefficient (Wildman–Crippen LogP) is 1.98. The van der Waals surface area contributed by atoms with Gasteiger partial charge in [0, 0.05) is 47.0 Å². The number of aliphatic carboxylic acids is 1. The van der Waals surface area contributed by atoms with Crippen molar-refractivity contribution in [2.24, 2.45) is 11.7 Å². The maximum atomic E-state index is 13.4. The molecular weight excluding hydrogens is 524 g/mol. The number of hydrogen-bond acceptors (Lipinski definition) is 5. The second kappa shape index (κ2) is 12.7. The number of rotatable bonds is 12. The first-order valence-corrected chi connectivity index (χ1v) is 13.5. The zero-order chi connectivity index (χ0) is 29.7. The predicted molar refractivity (Wildman–Crippen MR) is 156 cm³/mol. The van der Waals surface area contributed by atoms with Gasteiger partial charge in [-0.2, -0.15) is 0 Å². The molecule has 2 heterocycles. The van der Waals surface area contributed by atoms with E-state index in [-0.39, 0.29) is 18.8 Å². The van der Waals surface area contributed by atoms with Crippen molar-refractivity contribution >= 4 is 45.5 Å². The van der Waals surface area contributed by atoms with Crippen molar-refractivity contribution in [3.05, 3.63) is 72.1 Å². The van der Waals surface area contributed by atoms with E-state index in [2.05, 4.69) is 25.9 Å². The molecule has 0 aliphatic carbocycles. The topological polar surface area (TPSA) is 182 Å². The summed E-state index contributed by atoms with van der Waals surface area (Å²) in [4.78, 5) is 57.5. The second-order valence-electron chi connectivity index (χ2n) is 10.6. The van der Waals surface area contributed by atoms with Crippen molar-refractivity contribution in [3.63, 3.8) is 0 Å². The Morgan fingerprint density at radius 2 is 1.22 bits per heavy atom. The molecule has 11 nitrogen and oxygen atoms in total. The highest BCUT2D eigenvalue weighted by atomic mass is 16.4. The highest BCUT2D eigenvalue weighted by molar-refractivity contribution is 5.95. The Morgan fingerprint density at radius 1 is 0.732 bits per heavy atom. The summed E-state index contributed by atoms with van der Waals surface area (Å²) in [5.74, 6) is -3.09. The second-order valence-corrected chi connectivity index (χ2v) is 10.6. The molecule has 0 aliphatic heterocycles. The van der Waals surface area contributed by atoms with Crippen molar-refractivity contribution in [3.8, 4) is 0 Å². The molecule has 4 atom stereocenters. The van der Waals surface area contributed by atoms with Crippen LogP contribution in [-0.2, 0) is 32.0 Å². The maximum Gasteiger partial charge on any atom is 0.326 e. The lowest BCUT2D eigenvalue weighted by Gasteiger charge is -2.24. The average molecular weight is 561 g/mol. The van der Waals surface area contributed by atoms with Crippen LogP contribution in [-0.4, -0.2) is 62.9 Å². The van der Waals surface area contributed by atoms with Crippen LogP contribution >= 0.6 is 0 Å². The molecule has 41 heavy (non-hydrogen) atoms. The van der Waals surface area contributed by atoms with Gasteiger partial charge in [-0.05, 0) is 36.1 Å². The fourth-order valence-electron chi connectivity index (χ4n) is 4.70. The summed E-state index contributed by atoms with van der Waals surface area (Å²) in [6.07, 6.45) is 3.70. The molecule has 0 aliphatic rings. The zero-order valence-corrected chi connectivity index (χ0v) is 23.2. The van der Waals surface area contributed by atoms with Gasteiger partial charge < -0.3 is 36.8 Å². The van der Waals surface area contributed by atoms with Crippen LogP contribution in [0.25, 0.3) is 21.8 Å². The lowest BCUT2D eigenvalue weighted by Crippen LogP contribution is -2.57. The van der Waals surface area contributed by atoms with Gasteiger partial charge in [0.1, 0.15) is 18.1 Å². The molecule has 0 spiro atoms. The van der Waals surface area contributed by atoms with Crippen molar-refractivity contribution < 1.29 is 24.3 Å². The number of carbonyl (C=O) groups excluding carboxylic acids is 3. The molecule has 0 saturated carbocycles. The third kappa shape index (κ3) is 6.93. The number of hydrogen-bond donors (Lipinski definition) is 7. The minimum absolute atomic E-state index is 0.0537. The van der Waals surface area contributed by atoms with Gasteiger partial charge in [0.25, 0.3) is 0 Å². The van der Waals surface area contributed by atoms with Gasteiger partial charge in [0.05, 0.1) is 6.04 Å². The number of aromatic nitrogens is 2. The molecule has 216 valence electrons. The van der Waals surface area contributed by atoms with Crippen LogP contribution in [0.15, 0.2) is 60.9 Å². The minimum Gasteiger partial charge on any atom is -0.480 e. The highest BCUT2D eigenvalue weighted by Crippen LogP contribution is 2.20. The van der Waals surface area contributed by atoms with Crippen LogP contribution in [0.1, 0.15) is 31.9 Å². The Labute approximate surface area is 237 Å². The third-order valence-corrected chi connectivity index (χ3v) is 7.22. The first-order chi connectivity index (χ1) is 19.5. The smallest absolute Gasteiger partial charge is 0.326 e. The molecule has 0 fully saturated rings. The van der Waals surface area contributed by atoms with Gasteiger partial charge in [-0.25, -0.2) is 4.79 Å². The standard InChI is InChI=1S/C30H36N6O5/c1-16(2)26(31)29(39)35-24(12-18-14-32-22-10-6-4-8-20(18)22)28(38)34-17(3)27(37)36-25(30(40)41)13-19-15-33-23-11-7-5-9-21(19)23/h4-11,14-17,24-26,32-33H,12-13,31H2,1-3H3,(H,34,38)(H,35,39)(H,36,37)(H,40,41). The van der Waals surface area contributed by atoms with Crippen LogP contribution in [0.2, 0.25) is 0 Å². The van der Waals surface area contributed by atoms with Crippen LogP contribution < -0.4 is 21.7 Å². The summed E-state index contributed by atoms with van der Waals surface area (Å²) >= 11 is 0. The zero-order valence-electron chi connectivity index (χ0n) is 23.2. The molecule has 11 heteroatoms. The number of carbonyl (C=O) groups is 4. The fourth-order valence-corrected chi connectivity index (χ4v) is 4.70. The molecular formula is C30H36N6O5. The molecule has 3 amide bonds. The summed E-state index contributed by atoms with van der Waals surface area (Å²) in [6.45, 7) is 5.07. The van der Waals surface area contributed by atoms with Crippen LogP contribution in [0, 0.1) is 5.92 Å². The van der Waals surface area contributed by atoms with E-state index < -0.39 is 47.9 Å². The molecule has 0 bridgehead atoms. The largest absolute Gasteiger partial charge is 0.480 e. The number of amides is 3.